The fourth-order valence-corrected chi connectivity index (χ4v) is 3.40. The number of nitrogens with one attached hydrogen (secondary N) is 1. The lowest BCUT2D eigenvalue weighted by Gasteiger charge is -2.35. The molecule has 1 aliphatic carbocycles. The second-order valence-corrected chi connectivity index (χ2v) is 6.61. The van der Waals surface area contributed by atoms with E-state index in [0.29, 0.717) is 26.2 Å². The average Bonchev–Trinajstić information content (AvgIpc) is 2.67. The summed E-state index contributed by atoms with van der Waals surface area (Å²) in [5.41, 5.74) is 3.22. The van der Waals surface area contributed by atoms with E-state index in [1.165, 1.54) is 12.1 Å². The number of piperazine rings is 1. The van der Waals surface area contributed by atoms with Gasteiger partial charge in [-0.3, -0.25) is 0 Å². The molecule has 1 N–H and O–H groups in total. The topological polar surface area (TPSA) is 61.9 Å². The third-order valence-electron chi connectivity index (χ3n) is 4.94. The summed E-state index contributed by atoms with van der Waals surface area (Å²) in [5, 5.41) is 0. The Morgan fingerprint density at radius 2 is 1.64 bits per heavy atom. The van der Waals surface area contributed by atoms with Crippen LogP contribution >= 0.6 is 0 Å². The second kappa shape index (κ2) is 8.18. The largest absolute Gasteiger partial charge is 0.368 e. The normalized spacial score (nSPS) is 18.8. The van der Waals surface area contributed by atoms with E-state index in [2.05, 4.69) is 10.4 Å². The van der Waals surface area contributed by atoms with Crippen LogP contribution in [0.1, 0.15) is 32.1 Å². The maximum Gasteiger partial charge on any atom is 0.350 e. The molecule has 25 heavy (non-hydrogen) atoms. The van der Waals surface area contributed by atoms with Crippen LogP contribution in [0.3, 0.4) is 0 Å². The molecule has 0 atom stereocenters. The highest BCUT2D eigenvalue weighted by Crippen LogP contribution is 2.24. The molecule has 136 valence electrons. The minimum Gasteiger partial charge on any atom is -0.368 e. The van der Waals surface area contributed by atoms with Crippen LogP contribution in [-0.2, 0) is 9.63 Å². The molecule has 6 nitrogen and oxygen atoms in total. The van der Waals surface area contributed by atoms with Gasteiger partial charge in [-0.2, -0.15) is 5.48 Å². The number of halogens is 1. The van der Waals surface area contributed by atoms with E-state index in [4.69, 9.17) is 4.84 Å². The van der Waals surface area contributed by atoms with Gasteiger partial charge in [-0.05, 0) is 37.1 Å². The molecular weight excluding hydrogens is 325 g/mol. The molecule has 1 aliphatic heterocycles. The zero-order chi connectivity index (χ0) is 17.6. The van der Waals surface area contributed by atoms with Crippen molar-refractivity contribution in [1.29, 1.82) is 0 Å². The summed E-state index contributed by atoms with van der Waals surface area (Å²) in [6, 6.07) is 5.94. The maximum atomic E-state index is 13.0. The molecule has 0 aromatic heterocycles. The van der Waals surface area contributed by atoms with Gasteiger partial charge < -0.3 is 14.6 Å². The number of urea groups is 1. The first-order valence-electron chi connectivity index (χ1n) is 8.89. The molecule has 1 aromatic carbocycles. The number of hydrogen-bond donors (Lipinski definition) is 1. The summed E-state index contributed by atoms with van der Waals surface area (Å²) >= 11 is 0. The number of hydroxylamine groups is 1. The van der Waals surface area contributed by atoms with Crippen LogP contribution in [0.2, 0.25) is 0 Å². The Bertz CT molecular complexity index is 594. The van der Waals surface area contributed by atoms with Crippen molar-refractivity contribution in [3.8, 4) is 0 Å². The molecule has 2 amide bonds. The Kier molecular flexibility index (Phi) is 5.73. The van der Waals surface area contributed by atoms with Crippen molar-refractivity contribution in [2.75, 3.05) is 31.1 Å². The molecule has 1 heterocycles. The van der Waals surface area contributed by atoms with Gasteiger partial charge in [0.15, 0.2) is 0 Å². The summed E-state index contributed by atoms with van der Waals surface area (Å²) in [6.07, 6.45) is 4.92. The van der Waals surface area contributed by atoms with Crippen molar-refractivity contribution >= 4 is 17.7 Å². The molecule has 1 saturated carbocycles. The first-order chi connectivity index (χ1) is 12.1. The van der Waals surface area contributed by atoms with Crippen LogP contribution in [0.4, 0.5) is 14.9 Å². The zero-order valence-corrected chi connectivity index (χ0v) is 14.2. The molecule has 1 saturated heterocycles. The quantitative estimate of drug-likeness (QED) is 0.834. The summed E-state index contributed by atoms with van der Waals surface area (Å²) in [4.78, 5) is 32.8. The predicted molar refractivity (Wildman–Crippen MR) is 91.4 cm³/mol. The SMILES string of the molecule is O=C(ONC(=O)N1CCN(c2ccc(F)cc2)CC1)C1CCCCC1. The zero-order valence-electron chi connectivity index (χ0n) is 14.2. The van der Waals surface area contributed by atoms with E-state index >= 15 is 0 Å². The highest BCUT2D eigenvalue weighted by Gasteiger charge is 2.25. The lowest BCUT2D eigenvalue weighted by molar-refractivity contribution is -0.155. The molecule has 0 unspecified atom stereocenters. The van der Waals surface area contributed by atoms with E-state index in [-0.39, 0.29) is 23.7 Å². The number of carbonyl (C=O) groups is 2. The number of benzene rings is 1. The van der Waals surface area contributed by atoms with Gasteiger partial charge in [0.1, 0.15) is 5.82 Å². The van der Waals surface area contributed by atoms with Crippen molar-refractivity contribution in [2.45, 2.75) is 32.1 Å². The number of rotatable bonds is 2. The molecule has 7 heteroatoms. The first kappa shape index (κ1) is 17.5. The Hall–Kier alpha value is -2.31. The van der Waals surface area contributed by atoms with Gasteiger partial charge >= 0.3 is 12.0 Å². The highest BCUT2D eigenvalue weighted by molar-refractivity contribution is 5.78. The van der Waals surface area contributed by atoms with Crippen molar-refractivity contribution in [1.82, 2.24) is 10.4 Å². The van der Waals surface area contributed by atoms with Crippen molar-refractivity contribution in [3.05, 3.63) is 30.1 Å². The van der Waals surface area contributed by atoms with Gasteiger partial charge in [0.25, 0.3) is 0 Å². The minimum absolute atomic E-state index is 0.0932. The van der Waals surface area contributed by atoms with Crippen LogP contribution in [0.15, 0.2) is 24.3 Å². The van der Waals surface area contributed by atoms with Crippen LogP contribution in [0.5, 0.6) is 0 Å². The molecular formula is C18H24FN3O3. The Morgan fingerprint density at radius 3 is 2.28 bits per heavy atom. The lowest BCUT2D eigenvalue weighted by atomic mass is 9.89. The third kappa shape index (κ3) is 4.61. The predicted octanol–water partition coefficient (Wildman–Crippen LogP) is 2.70. The summed E-state index contributed by atoms with van der Waals surface area (Å²) < 4.78 is 13.0. The lowest BCUT2D eigenvalue weighted by Crippen LogP contribution is -2.52. The number of amides is 2. The molecule has 2 fully saturated rings. The molecule has 2 aliphatic rings. The monoisotopic (exact) mass is 349 g/mol. The summed E-state index contributed by atoms with van der Waals surface area (Å²) in [5.74, 6) is -0.691. The molecule has 3 rings (SSSR count). The highest BCUT2D eigenvalue weighted by atomic mass is 19.1. The molecule has 0 spiro atoms. The van der Waals surface area contributed by atoms with Crippen molar-refractivity contribution in [3.63, 3.8) is 0 Å². The van der Waals surface area contributed by atoms with Crippen LogP contribution < -0.4 is 10.4 Å². The fraction of sp³-hybridized carbons (Fsp3) is 0.556. The number of nitrogens with zero attached hydrogens (tertiary/aromatic N) is 2. The number of carbonyl (C=O) groups excluding carboxylic acids is 2. The Morgan fingerprint density at radius 1 is 1.00 bits per heavy atom. The molecule has 0 radical (unpaired) electrons. The number of anilines is 1. The van der Waals surface area contributed by atoms with Gasteiger partial charge in [0.2, 0.25) is 0 Å². The van der Waals surface area contributed by atoms with Gasteiger partial charge in [-0.15, -0.1) is 0 Å². The number of hydrogen-bond acceptors (Lipinski definition) is 4. The minimum atomic E-state index is -0.386. The van der Waals surface area contributed by atoms with E-state index < -0.39 is 0 Å². The first-order valence-corrected chi connectivity index (χ1v) is 8.89. The summed E-state index contributed by atoms with van der Waals surface area (Å²) in [6.45, 7) is 2.33. The standard InChI is InChI=1S/C18H24FN3O3/c19-15-6-8-16(9-7-15)21-10-12-22(13-11-21)18(24)20-25-17(23)14-4-2-1-3-5-14/h6-9,14H,1-5,10-13H2,(H,20,24). The Labute approximate surface area is 146 Å². The van der Waals surface area contributed by atoms with Gasteiger partial charge in [0.05, 0.1) is 5.92 Å². The fourth-order valence-electron chi connectivity index (χ4n) is 3.40. The average molecular weight is 349 g/mol. The van der Waals surface area contributed by atoms with Crippen LogP contribution in [0, 0.1) is 11.7 Å². The van der Waals surface area contributed by atoms with E-state index in [1.807, 2.05) is 0 Å². The second-order valence-electron chi connectivity index (χ2n) is 6.61. The van der Waals surface area contributed by atoms with E-state index in [9.17, 15) is 14.0 Å². The smallest absolute Gasteiger partial charge is 0.350 e. The van der Waals surface area contributed by atoms with Crippen molar-refractivity contribution < 1.29 is 18.8 Å². The molecule has 1 aromatic rings. The molecule has 0 bridgehead atoms. The van der Waals surface area contributed by atoms with Gasteiger partial charge in [0, 0.05) is 31.9 Å². The summed E-state index contributed by atoms with van der Waals surface area (Å²) in [7, 11) is 0. The van der Waals surface area contributed by atoms with Gasteiger partial charge in [-0.25, -0.2) is 14.0 Å². The Balaban J connectivity index is 1.42. The maximum absolute atomic E-state index is 13.0. The van der Waals surface area contributed by atoms with Crippen LogP contribution in [0.25, 0.3) is 0 Å². The van der Waals surface area contributed by atoms with E-state index in [1.54, 1.807) is 17.0 Å². The van der Waals surface area contributed by atoms with E-state index in [0.717, 1.165) is 37.8 Å². The van der Waals surface area contributed by atoms with Gasteiger partial charge in [-0.1, -0.05) is 19.3 Å². The van der Waals surface area contributed by atoms with Crippen molar-refractivity contribution in [2.24, 2.45) is 5.92 Å². The third-order valence-corrected chi connectivity index (χ3v) is 4.94. The van der Waals surface area contributed by atoms with Crippen LogP contribution in [-0.4, -0.2) is 43.1 Å².